The van der Waals surface area contributed by atoms with Crippen LogP contribution >= 0.6 is 31.9 Å². The lowest BCUT2D eigenvalue weighted by atomic mass is 9.89. The Kier molecular flexibility index (Phi) is 4.22. The van der Waals surface area contributed by atoms with Crippen molar-refractivity contribution in [1.82, 2.24) is 0 Å². The molecule has 96 valence electrons. The van der Waals surface area contributed by atoms with E-state index in [0.29, 0.717) is 11.9 Å². The van der Waals surface area contributed by atoms with Gasteiger partial charge >= 0.3 is 5.97 Å². The van der Waals surface area contributed by atoms with Crippen LogP contribution in [-0.4, -0.2) is 35.0 Å². The molecule has 1 aliphatic rings. The number of hydrogen-bond donors (Lipinski definition) is 0. The number of esters is 1. The third-order valence-electron chi connectivity index (χ3n) is 3.09. The molecule has 3 nitrogen and oxygen atoms in total. The van der Waals surface area contributed by atoms with Crippen molar-refractivity contribution < 1.29 is 9.53 Å². The molecule has 2 rings (SSSR count). The normalized spacial score (nSPS) is 26.8. The lowest BCUT2D eigenvalue weighted by Gasteiger charge is -2.27. The first-order valence-corrected chi connectivity index (χ1v) is 7.49. The Balaban J connectivity index is 2.44. The molecule has 2 unspecified atom stereocenters. The maximum absolute atomic E-state index is 12.1. The number of methoxy groups -OCH3 is 1. The second-order valence-corrected chi connectivity index (χ2v) is 6.01. The molecule has 0 bridgehead atoms. The number of benzene rings is 1. The number of rotatable bonds is 3. The van der Waals surface area contributed by atoms with Gasteiger partial charge in [0.25, 0.3) is 0 Å². The summed E-state index contributed by atoms with van der Waals surface area (Å²) in [6.07, 6.45) is 0. The van der Waals surface area contributed by atoms with Crippen LogP contribution in [0.5, 0.6) is 0 Å². The third kappa shape index (κ3) is 2.14. The number of aliphatic imine (C=N–C) groups is 1. The van der Waals surface area contributed by atoms with Crippen molar-refractivity contribution in [2.45, 2.75) is 4.32 Å². The largest absolute Gasteiger partial charge is 0.468 e. The van der Waals surface area contributed by atoms with Crippen LogP contribution in [0.4, 0.5) is 0 Å². The number of carbonyl (C=O) groups is 1. The number of alkyl halides is 2. The van der Waals surface area contributed by atoms with E-state index in [1.165, 1.54) is 7.11 Å². The highest BCUT2D eigenvalue weighted by atomic mass is 79.9. The van der Waals surface area contributed by atoms with Gasteiger partial charge in [-0.15, -0.1) is 0 Å². The second-order valence-electron chi connectivity index (χ2n) is 4.11. The lowest BCUT2D eigenvalue weighted by Crippen LogP contribution is -2.46. The van der Waals surface area contributed by atoms with E-state index < -0.39 is 4.32 Å². The summed E-state index contributed by atoms with van der Waals surface area (Å²) < 4.78 is 4.08. The Morgan fingerprint density at radius 1 is 1.50 bits per heavy atom. The highest BCUT2D eigenvalue weighted by Gasteiger charge is 2.52. The van der Waals surface area contributed by atoms with E-state index in [0.717, 1.165) is 11.3 Å². The maximum atomic E-state index is 12.1. The van der Waals surface area contributed by atoms with Crippen LogP contribution in [0.2, 0.25) is 0 Å². The highest BCUT2D eigenvalue weighted by molar-refractivity contribution is 9.10. The molecular weight excluding hydrogens is 362 g/mol. The fourth-order valence-electron chi connectivity index (χ4n) is 2.10. The van der Waals surface area contributed by atoms with Crippen LogP contribution in [0.15, 0.2) is 35.3 Å². The highest BCUT2D eigenvalue weighted by Crippen LogP contribution is 2.39. The fraction of sp³-hybridized carbons (Fsp3) is 0.385. The number of hydrogen-bond acceptors (Lipinski definition) is 3. The number of ether oxygens (including phenoxy) is 1. The average molecular weight is 375 g/mol. The first-order chi connectivity index (χ1) is 8.64. The molecule has 1 aliphatic heterocycles. The summed E-state index contributed by atoms with van der Waals surface area (Å²) in [4.78, 5) is 16.6. The van der Waals surface area contributed by atoms with Crippen molar-refractivity contribution in [3.05, 3.63) is 35.9 Å². The van der Waals surface area contributed by atoms with Crippen LogP contribution in [0, 0.1) is 5.92 Å². The average Bonchev–Trinajstić information content (AvgIpc) is 2.76. The topological polar surface area (TPSA) is 38.7 Å². The molecule has 0 saturated carbocycles. The third-order valence-corrected chi connectivity index (χ3v) is 5.22. The standard InChI is InChI=1S/C13H13Br2NO2/c1-18-12(17)13(15)10(7-14)8-16-11(13)9-5-3-2-4-6-9/h2-6,10H,7-8H2,1H3. The summed E-state index contributed by atoms with van der Waals surface area (Å²) in [6.45, 7) is 0.607. The quantitative estimate of drug-likeness (QED) is 0.602. The molecule has 0 spiro atoms. The van der Waals surface area contributed by atoms with E-state index in [9.17, 15) is 4.79 Å². The zero-order valence-corrected chi connectivity index (χ0v) is 13.1. The summed E-state index contributed by atoms with van der Waals surface area (Å²) in [5.41, 5.74) is 1.70. The van der Waals surface area contributed by atoms with E-state index in [2.05, 4.69) is 36.9 Å². The molecule has 5 heteroatoms. The first-order valence-electron chi connectivity index (χ1n) is 5.58. The predicted molar refractivity (Wildman–Crippen MR) is 78.8 cm³/mol. The Labute approximate surface area is 123 Å². The van der Waals surface area contributed by atoms with Gasteiger partial charge < -0.3 is 4.74 Å². The van der Waals surface area contributed by atoms with E-state index in [1.807, 2.05) is 30.3 Å². The van der Waals surface area contributed by atoms with Crippen LogP contribution in [0.1, 0.15) is 5.56 Å². The van der Waals surface area contributed by atoms with Crippen molar-refractivity contribution in [2.75, 3.05) is 19.0 Å². The molecule has 0 aliphatic carbocycles. The fourth-order valence-corrected chi connectivity index (χ4v) is 4.05. The minimum Gasteiger partial charge on any atom is -0.468 e. The van der Waals surface area contributed by atoms with E-state index in [-0.39, 0.29) is 11.9 Å². The van der Waals surface area contributed by atoms with Crippen LogP contribution in [-0.2, 0) is 9.53 Å². The number of carbonyl (C=O) groups excluding carboxylic acids is 1. The van der Waals surface area contributed by atoms with E-state index in [1.54, 1.807) is 0 Å². The van der Waals surface area contributed by atoms with E-state index in [4.69, 9.17) is 4.74 Å². The van der Waals surface area contributed by atoms with Crippen LogP contribution in [0.3, 0.4) is 0 Å². The van der Waals surface area contributed by atoms with Gasteiger partial charge in [0.15, 0.2) is 4.32 Å². The maximum Gasteiger partial charge on any atom is 0.329 e. The van der Waals surface area contributed by atoms with Crippen molar-refractivity contribution in [1.29, 1.82) is 0 Å². The molecule has 1 aromatic rings. The second kappa shape index (κ2) is 5.53. The molecule has 0 fully saturated rings. The lowest BCUT2D eigenvalue weighted by molar-refractivity contribution is -0.142. The Morgan fingerprint density at radius 2 is 2.17 bits per heavy atom. The molecule has 1 heterocycles. The molecule has 0 aromatic heterocycles. The van der Waals surface area contributed by atoms with Gasteiger partial charge in [0.1, 0.15) is 0 Å². The van der Waals surface area contributed by atoms with Gasteiger partial charge in [-0.3, -0.25) is 9.79 Å². The van der Waals surface area contributed by atoms with Crippen LogP contribution < -0.4 is 0 Å². The molecule has 0 amide bonds. The SMILES string of the molecule is COC(=O)C1(Br)C(c2ccccc2)=NCC1CBr. The number of nitrogens with zero attached hydrogens (tertiary/aromatic N) is 1. The van der Waals surface area contributed by atoms with E-state index >= 15 is 0 Å². The Bertz CT molecular complexity index is 475. The van der Waals surface area contributed by atoms with Gasteiger partial charge in [0.05, 0.1) is 12.8 Å². The molecule has 0 N–H and O–H groups in total. The minimum absolute atomic E-state index is 0.0557. The zero-order chi connectivity index (χ0) is 13.2. The van der Waals surface area contributed by atoms with Crippen molar-refractivity contribution >= 4 is 43.5 Å². The molecule has 1 aromatic carbocycles. The summed E-state index contributed by atoms with van der Waals surface area (Å²) >= 11 is 7.00. The van der Waals surface area contributed by atoms with Gasteiger partial charge in [-0.1, -0.05) is 62.2 Å². The Morgan fingerprint density at radius 3 is 2.72 bits per heavy atom. The Hall–Kier alpha value is -0.680. The summed E-state index contributed by atoms with van der Waals surface area (Å²) in [5.74, 6) is -0.243. The summed E-state index contributed by atoms with van der Waals surface area (Å²) in [6, 6.07) is 9.71. The van der Waals surface area contributed by atoms with Gasteiger partial charge in [0, 0.05) is 17.8 Å². The van der Waals surface area contributed by atoms with Crippen molar-refractivity contribution in [3.8, 4) is 0 Å². The predicted octanol–water partition coefficient (Wildman–Crippen LogP) is 2.81. The van der Waals surface area contributed by atoms with Gasteiger partial charge in [-0.05, 0) is 5.56 Å². The molecular formula is C13H13Br2NO2. The minimum atomic E-state index is -0.855. The molecule has 0 radical (unpaired) electrons. The van der Waals surface area contributed by atoms with Gasteiger partial charge in [-0.2, -0.15) is 0 Å². The van der Waals surface area contributed by atoms with Gasteiger partial charge in [0.2, 0.25) is 0 Å². The number of halogens is 2. The first kappa shape index (κ1) is 13.7. The van der Waals surface area contributed by atoms with Crippen LogP contribution in [0.25, 0.3) is 0 Å². The smallest absolute Gasteiger partial charge is 0.329 e. The monoisotopic (exact) mass is 373 g/mol. The zero-order valence-electron chi connectivity index (χ0n) is 9.90. The van der Waals surface area contributed by atoms with Gasteiger partial charge in [-0.25, -0.2) is 0 Å². The molecule has 18 heavy (non-hydrogen) atoms. The van der Waals surface area contributed by atoms with Crippen molar-refractivity contribution in [3.63, 3.8) is 0 Å². The molecule has 0 saturated heterocycles. The summed E-state index contributed by atoms with van der Waals surface area (Å²) in [5, 5.41) is 0.688. The van der Waals surface area contributed by atoms with Crippen molar-refractivity contribution in [2.24, 2.45) is 10.9 Å². The summed E-state index contributed by atoms with van der Waals surface area (Å²) in [7, 11) is 1.40. The molecule has 2 atom stereocenters.